The predicted octanol–water partition coefficient (Wildman–Crippen LogP) is 3.94. The molecule has 2 atom stereocenters. The quantitative estimate of drug-likeness (QED) is 0.512. The van der Waals surface area contributed by atoms with Crippen LogP contribution >= 0.6 is 0 Å². The highest BCUT2D eigenvalue weighted by atomic mass is 16.5. The fraction of sp³-hybridized carbons (Fsp3) is 0.292. The Morgan fingerprint density at radius 3 is 2.76 bits per heavy atom. The topological polar surface area (TPSA) is 71.3 Å². The molecule has 0 amide bonds. The van der Waals surface area contributed by atoms with Crippen LogP contribution in [0.4, 0.5) is 0 Å². The van der Waals surface area contributed by atoms with Crippen LogP contribution in [-0.4, -0.2) is 35.5 Å². The second-order valence-electron chi connectivity index (χ2n) is 7.75. The smallest absolute Gasteiger partial charge is 0.330 e. The number of nitrogens with two attached hydrogens (primary N) is 1. The van der Waals surface area contributed by atoms with Crippen molar-refractivity contribution < 1.29 is 9.53 Å². The highest BCUT2D eigenvalue weighted by Crippen LogP contribution is 2.38. The van der Waals surface area contributed by atoms with E-state index in [0.29, 0.717) is 6.04 Å². The number of nitrogens with zero attached hydrogens (tertiary/aromatic N) is 1. The minimum atomic E-state index is -0.350. The van der Waals surface area contributed by atoms with E-state index in [-0.39, 0.29) is 12.0 Å². The van der Waals surface area contributed by atoms with Gasteiger partial charge in [-0.1, -0.05) is 42.5 Å². The molecule has 0 saturated carbocycles. The summed E-state index contributed by atoms with van der Waals surface area (Å²) in [5, 5.41) is 1.29. The molecule has 150 valence electrons. The number of carbonyl (C=O) groups excluding carboxylic acids is 1. The maximum Gasteiger partial charge on any atom is 0.330 e. The summed E-state index contributed by atoms with van der Waals surface area (Å²) in [4.78, 5) is 17.3. The standard InChI is InChI=1S/C24H27N3O2/c1-16-24(20-5-3-4-6-21(20)26-16)22-13-19(25)15-27(22)14-18-9-7-17(8-10-18)11-12-23(28)29-2/h3-12,19,22,26H,13-15,25H2,1-2H3/b12-11+. The lowest BCUT2D eigenvalue weighted by Gasteiger charge is -2.25. The van der Waals surface area contributed by atoms with E-state index < -0.39 is 0 Å². The van der Waals surface area contributed by atoms with E-state index in [1.54, 1.807) is 6.08 Å². The van der Waals surface area contributed by atoms with E-state index in [0.717, 1.165) is 25.1 Å². The molecule has 1 aliphatic rings. The van der Waals surface area contributed by atoms with Crippen molar-refractivity contribution in [2.45, 2.75) is 32.0 Å². The second-order valence-corrected chi connectivity index (χ2v) is 7.75. The Kier molecular flexibility index (Phi) is 5.51. The molecule has 29 heavy (non-hydrogen) atoms. The summed E-state index contributed by atoms with van der Waals surface area (Å²) >= 11 is 0. The molecule has 2 unspecified atom stereocenters. The van der Waals surface area contributed by atoms with E-state index in [1.165, 1.54) is 40.9 Å². The van der Waals surface area contributed by atoms with Gasteiger partial charge in [0.15, 0.2) is 0 Å². The number of benzene rings is 2. The molecular weight excluding hydrogens is 362 g/mol. The first-order chi connectivity index (χ1) is 14.0. The molecule has 1 aliphatic heterocycles. The highest BCUT2D eigenvalue weighted by molar-refractivity contribution is 5.87. The molecule has 0 aliphatic carbocycles. The van der Waals surface area contributed by atoms with Gasteiger partial charge in [0, 0.05) is 47.8 Å². The first-order valence-corrected chi connectivity index (χ1v) is 9.97. The molecule has 5 nitrogen and oxygen atoms in total. The molecule has 1 saturated heterocycles. The van der Waals surface area contributed by atoms with E-state index in [9.17, 15) is 4.79 Å². The third-order valence-corrected chi connectivity index (χ3v) is 5.69. The molecule has 0 radical (unpaired) electrons. The van der Waals surface area contributed by atoms with Crippen LogP contribution in [0.25, 0.3) is 17.0 Å². The number of fused-ring (bicyclic) bond motifs is 1. The molecule has 1 aromatic heterocycles. The van der Waals surface area contributed by atoms with Crippen LogP contribution in [-0.2, 0) is 16.1 Å². The minimum Gasteiger partial charge on any atom is -0.466 e. The van der Waals surface area contributed by atoms with E-state index in [4.69, 9.17) is 5.73 Å². The lowest BCUT2D eigenvalue weighted by Crippen LogP contribution is -2.27. The molecule has 0 bridgehead atoms. The fourth-order valence-electron chi connectivity index (χ4n) is 4.34. The first kappa shape index (κ1) is 19.4. The van der Waals surface area contributed by atoms with Crippen molar-refractivity contribution in [3.05, 3.63) is 77.0 Å². The number of aryl methyl sites for hydroxylation is 1. The maximum absolute atomic E-state index is 11.3. The van der Waals surface area contributed by atoms with Gasteiger partial charge in [-0.2, -0.15) is 0 Å². The number of ether oxygens (including phenoxy) is 1. The number of methoxy groups -OCH3 is 1. The monoisotopic (exact) mass is 389 g/mol. The van der Waals surface area contributed by atoms with Crippen LogP contribution in [0.1, 0.15) is 34.8 Å². The van der Waals surface area contributed by atoms with E-state index in [2.05, 4.69) is 57.9 Å². The van der Waals surface area contributed by atoms with Gasteiger partial charge >= 0.3 is 5.97 Å². The number of esters is 1. The van der Waals surface area contributed by atoms with E-state index >= 15 is 0 Å². The SMILES string of the molecule is COC(=O)/C=C/c1ccc(CN2CC(N)CC2c2c(C)[nH]c3ccccc23)cc1. The number of hydrogen-bond acceptors (Lipinski definition) is 4. The van der Waals surface area contributed by atoms with Crippen LogP contribution in [0.5, 0.6) is 0 Å². The zero-order chi connectivity index (χ0) is 20.4. The summed E-state index contributed by atoms with van der Waals surface area (Å²) < 4.78 is 4.63. The van der Waals surface area contributed by atoms with Crippen LogP contribution in [0.15, 0.2) is 54.6 Å². The van der Waals surface area contributed by atoms with Crippen molar-refractivity contribution in [2.24, 2.45) is 5.73 Å². The van der Waals surface area contributed by atoms with Gasteiger partial charge in [0.1, 0.15) is 0 Å². The van der Waals surface area contributed by atoms with Crippen LogP contribution in [0.2, 0.25) is 0 Å². The molecule has 1 fully saturated rings. The lowest BCUT2D eigenvalue weighted by molar-refractivity contribution is -0.134. The summed E-state index contributed by atoms with van der Waals surface area (Å²) in [6, 6.07) is 17.2. The number of carbonyl (C=O) groups is 1. The molecule has 4 rings (SSSR count). The summed E-state index contributed by atoms with van der Waals surface area (Å²) in [6.45, 7) is 3.88. The van der Waals surface area contributed by atoms with Gasteiger partial charge in [-0.3, -0.25) is 4.90 Å². The highest BCUT2D eigenvalue weighted by Gasteiger charge is 2.33. The number of likely N-dealkylation sites (tertiary alicyclic amines) is 1. The number of rotatable bonds is 5. The van der Waals surface area contributed by atoms with Crippen molar-refractivity contribution in [2.75, 3.05) is 13.7 Å². The number of H-pyrrole nitrogens is 1. The normalized spacial score (nSPS) is 20.0. The molecular formula is C24H27N3O2. The molecule has 3 aromatic rings. The van der Waals surface area contributed by atoms with Crippen molar-refractivity contribution >= 4 is 22.9 Å². The van der Waals surface area contributed by atoms with Crippen LogP contribution in [0, 0.1) is 6.92 Å². The van der Waals surface area contributed by atoms with E-state index in [1.807, 2.05) is 12.1 Å². The number of hydrogen-bond donors (Lipinski definition) is 2. The fourth-order valence-corrected chi connectivity index (χ4v) is 4.34. The number of para-hydroxylation sites is 1. The maximum atomic E-state index is 11.3. The van der Waals surface area contributed by atoms with Crippen LogP contribution < -0.4 is 5.73 Å². The number of nitrogens with one attached hydrogen (secondary N) is 1. The van der Waals surface area contributed by atoms with Crippen LogP contribution in [0.3, 0.4) is 0 Å². The Hall–Kier alpha value is -2.89. The zero-order valence-corrected chi connectivity index (χ0v) is 16.9. The second kappa shape index (κ2) is 8.23. The number of aromatic nitrogens is 1. The van der Waals surface area contributed by atoms with Gasteiger partial charge in [0.2, 0.25) is 0 Å². The third kappa shape index (κ3) is 4.11. The minimum absolute atomic E-state index is 0.176. The lowest BCUT2D eigenvalue weighted by atomic mass is 9.99. The molecule has 2 aromatic carbocycles. The van der Waals surface area contributed by atoms with Gasteiger partial charge in [0.05, 0.1) is 7.11 Å². The van der Waals surface area contributed by atoms with Gasteiger partial charge in [-0.05, 0) is 42.2 Å². The van der Waals surface area contributed by atoms with Gasteiger partial charge < -0.3 is 15.5 Å². The van der Waals surface area contributed by atoms with Crippen molar-refractivity contribution in [3.8, 4) is 0 Å². The predicted molar refractivity (Wildman–Crippen MR) is 116 cm³/mol. The Labute approximate surface area is 171 Å². The summed E-state index contributed by atoms with van der Waals surface area (Å²) in [5.41, 5.74) is 12.3. The van der Waals surface area contributed by atoms with Crippen molar-refractivity contribution in [1.82, 2.24) is 9.88 Å². The van der Waals surface area contributed by atoms with Gasteiger partial charge in [0.25, 0.3) is 0 Å². The van der Waals surface area contributed by atoms with Gasteiger partial charge in [-0.15, -0.1) is 0 Å². The summed E-state index contributed by atoms with van der Waals surface area (Å²) in [7, 11) is 1.38. The average molecular weight is 389 g/mol. The average Bonchev–Trinajstić information content (AvgIpc) is 3.24. The molecule has 0 spiro atoms. The Morgan fingerprint density at radius 1 is 1.24 bits per heavy atom. The summed E-state index contributed by atoms with van der Waals surface area (Å²) in [6.07, 6.45) is 4.16. The molecule has 2 heterocycles. The number of aromatic amines is 1. The van der Waals surface area contributed by atoms with Gasteiger partial charge in [-0.25, -0.2) is 4.79 Å². The Balaban J connectivity index is 1.55. The molecule has 3 N–H and O–H groups in total. The third-order valence-electron chi connectivity index (χ3n) is 5.69. The van der Waals surface area contributed by atoms with Crippen molar-refractivity contribution in [3.63, 3.8) is 0 Å². The largest absolute Gasteiger partial charge is 0.466 e. The Morgan fingerprint density at radius 2 is 2.00 bits per heavy atom. The summed E-state index contributed by atoms with van der Waals surface area (Å²) in [5.74, 6) is -0.350. The molecule has 5 heteroatoms. The first-order valence-electron chi connectivity index (χ1n) is 9.97. The Bertz CT molecular complexity index is 1040. The van der Waals surface area contributed by atoms with Crippen molar-refractivity contribution in [1.29, 1.82) is 0 Å². The zero-order valence-electron chi connectivity index (χ0n) is 16.9.